The van der Waals surface area contributed by atoms with E-state index in [2.05, 4.69) is 28.0 Å². The summed E-state index contributed by atoms with van der Waals surface area (Å²) in [7, 11) is 1.63. The quantitative estimate of drug-likeness (QED) is 0.269. The Balaban J connectivity index is 1.45. The number of benzene rings is 2. The summed E-state index contributed by atoms with van der Waals surface area (Å²) in [5.74, 6) is 1.37. The number of anilines is 2. The highest BCUT2D eigenvalue weighted by Crippen LogP contribution is 2.36. The molecule has 5 rings (SSSR count). The molecule has 2 fully saturated rings. The SMILES string of the molecule is CCn1c(N2CCN(c3ccccc3)CC2)c(/C=C2\SC(=S)N(CCc3ccc(OC)cc3)C2=O)c(C)c(C#N)c1=O. The Morgan fingerprint density at radius 2 is 1.69 bits per heavy atom. The van der Waals surface area contributed by atoms with Crippen LogP contribution in [0.15, 0.2) is 64.3 Å². The van der Waals surface area contributed by atoms with Crippen molar-refractivity contribution in [1.82, 2.24) is 9.47 Å². The number of ether oxygens (including phenoxy) is 1. The minimum atomic E-state index is -0.304. The van der Waals surface area contributed by atoms with E-state index in [1.165, 1.54) is 17.4 Å². The number of hydrogen-bond donors (Lipinski definition) is 0. The Bertz CT molecular complexity index is 1620. The predicted octanol–water partition coefficient (Wildman–Crippen LogP) is 4.83. The van der Waals surface area contributed by atoms with Crippen molar-refractivity contribution >= 4 is 51.8 Å². The molecule has 3 heterocycles. The summed E-state index contributed by atoms with van der Waals surface area (Å²) in [6.07, 6.45) is 2.48. The van der Waals surface area contributed by atoms with Gasteiger partial charge < -0.3 is 14.5 Å². The van der Waals surface area contributed by atoms with Gasteiger partial charge in [-0.2, -0.15) is 5.26 Å². The predicted molar refractivity (Wildman–Crippen MR) is 173 cm³/mol. The van der Waals surface area contributed by atoms with Gasteiger partial charge in [0.1, 0.15) is 27.5 Å². The molecule has 216 valence electrons. The average molecular weight is 600 g/mol. The van der Waals surface area contributed by atoms with E-state index in [9.17, 15) is 14.9 Å². The number of hydrogen-bond acceptors (Lipinski definition) is 8. The van der Waals surface area contributed by atoms with E-state index in [0.29, 0.717) is 47.4 Å². The van der Waals surface area contributed by atoms with Crippen LogP contribution in [0.2, 0.25) is 0 Å². The summed E-state index contributed by atoms with van der Waals surface area (Å²) >= 11 is 6.88. The second-order valence-electron chi connectivity index (χ2n) is 10.1. The second kappa shape index (κ2) is 12.8. The number of rotatable bonds is 8. The number of nitrogens with zero attached hydrogens (tertiary/aromatic N) is 5. The normalized spacial score (nSPS) is 16.3. The largest absolute Gasteiger partial charge is 0.497 e. The van der Waals surface area contributed by atoms with Crippen molar-refractivity contribution in [3.63, 3.8) is 0 Å². The van der Waals surface area contributed by atoms with Gasteiger partial charge in [0.15, 0.2) is 0 Å². The third-order valence-corrected chi connectivity index (χ3v) is 9.17. The molecule has 2 aliphatic rings. The van der Waals surface area contributed by atoms with Crippen molar-refractivity contribution in [2.45, 2.75) is 26.8 Å². The van der Waals surface area contributed by atoms with Crippen LogP contribution in [0.3, 0.4) is 0 Å². The number of piperazine rings is 1. The number of aromatic nitrogens is 1. The molecule has 1 amide bonds. The maximum atomic E-state index is 13.6. The number of methoxy groups -OCH3 is 1. The molecule has 0 radical (unpaired) electrons. The molecule has 0 bridgehead atoms. The van der Waals surface area contributed by atoms with Gasteiger partial charge in [0.05, 0.1) is 12.0 Å². The molecule has 2 saturated heterocycles. The smallest absolute Gasteiger partial charge is 0.270 e. The lowest BCUT2D eigenvalue weighted by atomic mass is 10.0. The molecular formula is C32H33N5O3S2. The molecule has 2 aromatic carbocycles. The molecule has 10 heteroatoms. The number of carbonyl (C=O) groups is 1. The van der Waals surface area contributed by atoms with Crippen LogP contribution in [0.5, 0.6) is 5.75 Å². The molecule has 3 aromatic rings. The highest BCUT2D eigenvalue weighted by molar-refractivity contribution is 8.26. The first kappa shape index (κ1) is 29.4. The van der Waals surface area contributed by atoms with Crippen molar-refractivity contribution in [3.8, 4) is 11.8 Å². The van der Waals surface area contributed by atoms with Crippen molar-refractivity contribution in [2.24, 2.45) is 0 Å². The van der Waals surface area contributed by atoms with E-state index in [4.69, 9.17) is 17.0 Å². The molecule has 0 N–H and O–H groups in total. The Morgan fingerprint density at radius 1 is 1.02 bits per heavy atom. The van der Waals surface area contributed by atoms with Crippen molar-refractivity contribution in [1.29, 1.82) is 5.26 Å². The lowest BCUT2D eigenvalue weighted by Gasteiger charge is -2.39. The molecule has 2 aliphatic heterocycles. The van der Waals surface area contributed by atoms with Gasteiger partial charge >= 0.3 is 0 Å². The van der Waals surface area contributed by atoms with Gasteiger partial charge in [0.25, 0.3) is 11.5 Å². The standard InChI is InChI=1S/C32H33N5O3S2/c1-4-36-29(35-18-16-34(17-19-35)24-8-6-5-7-9-24)26(22(2)27(21-33)30(36)38)20-28-31(39)37(32(41)42-28)15-14-23-10-12-25(40-3)13-11-23/h5-13,20H,4,14-19H2,1-3H3/b28-20-. The maximum Gasteiger partial charge on any atom is 0.270 e. The first-order valence-corrected chi connectivity index (χ1v) is 15.2. The van der Waals surface area contributed by atoms with Crippen LogP contribution in [0.1, 0.15) is 29.2 Å². The Hall–Kier alpha value is -4.07. The van der Waals surface area contributed by atoms with E-state index in [0.717, 1.165) is 35.8 Å². The third-order valence-electron chi connectivity index (χ3n) is 7.80. The summed E-state index contributed by atoms with van der Waals surface area (Å²) in [5.41, 5.74) is 3.34. The zero-order valence-electron chi connectivity index (χ0n) is 24.0. The van der Waals surface area contributed by atoms with Crippen LogP contribution < -0.4 is 20.1 Å². The minimum Gasteiger partial charge on any atom is -0.497 e. The van der Waals surface area contributed by atoms with Crippen molar-refractivity contribution in [2.75, 3.05) is 49.6 Å². The summed E-state index contributed by atoms with van der Waals surface area (Å²) in [6, 6.07) is 20.2. The highest BCUT2D eigenvalue weighted by Gasteiger charge is 2.33. The lowest BCUT2D eigenvalue weighted by Crippen LogP contribution is -2.48. The van der Waals surface area contributed by atoms with Crippen molar-refractivity contribution in [3.05, 3.63) is 92.1 Å². The fourth-order valence-electron chi connectivity index (χ4n) is 5.45. The number of thiocarbonyl (C=S) groups is 1. The number of nitriles is 1. The fourth-order valence-corrected chi connectivity index (χ4v) is 6.74. The zero-order chi connectivity index (χ0) is 29.8. The first-order chi connectivity index (χ1) is 20.4. The van der Waals surface area contributed by atoms with Crippen LogP contribution in [0, 0.1) is 18.3 Å². The van der Waals surface area contributed by atoms with Crippen LogP contribution >= 0.6 is 24.0 Å². The topological polar surface area (TPSA) is 81.8 Å². The maximum absolute atomic E-state index is 13.6. The lowest BCUT2D eigenvalue weighted by molar-refractivity contribution is -0.122. The van der Waals surface area contributed by atoms with Gasteiger partial charge in [-0.1, -0.05) is 54.3 Å². The average Bonchev–Trinajstić information content (AvgIpc) is 3.29. The summed E-state index contributed by atoms with van der Waals surface area (Å²) < 4.78 is 7.40. The molecular weight excluding hydrogens is 567 g/mol. The number of pyridine rings is 1. The molecule has 0 unspecified atom stereocenters. The molecule has 8 nitrogen and oxygen atoms in total. The minimum absolute atomic E-state index is 0.102. The van der Waals surface area contributed by atoms with Gasteiger partial charge in [-0.25, -0.2) is 0 Å². The van der Waals surface area contributed by atoms with Gasteiger partial charge in [-0.3, -0.25) is 19.1 Å². The van der Waals surface area contributed by atoms with E-state index < -0.39 is 0 Å². The Kier molecular flexibility index (Phi) is 9.00. The molecule has 1 aromatic heterocycles. The zero-order valence-corrected chi connectivity index (χ0v) is 25.6. The first-order valence-electron chi connectivity index (χ1n) is 14.0. The number of carbonyl (C=O) groups excluding carboxylic acids is 1. The molecule has 0 aliphatic carbocycles. The Morgan fingerprint density at radius 3 is 2.31 bits per heavy atom. The van der Waals surface area contributed by atoms with E-state index in [1.54, 1.807) is 23.5 Å². The van der Waals surface area contributed by atoms with E-state index in [1.807, 2.05) is 55.5 Å². The van der Waals surface area contributed by atoms with Crippen LogP contribution in [-0.4, -0.2) is 59.5 Å². The van der Waals surface area contributed by atoms with Crippen LogP contribution in [0.4, 0.5) is 11.5 Å². The highest BCUT2D eigenvalue weighted by atomic mass is 32.2. The Labute approximate surface area is 255 Å². The molecule has 42 heavy (non-hydrogen) atoms. The molecule has 0 spiro atoms. The van der Waals surface area contributed by atoms with Crippen LogP contribution in [-0.2, 0) is 17.8 Å². The summed E-state index contributed by atoms with van der Waals surface area (Å²) in [4.78, 5) is 33.6. The molecule has 0 atom stereocenters. The number of para-hydroxylation sites is 1. The second-order valence-corrected chi connectivity index (χ2v) is 11.8. The monoisotopic (exact) mass is 599 g/mol. The van der Waals surface area contributed by atoms with E-state index >= 15 is 0 Å². The van der Waals surface area contributed by atoms with Crippen molar-refractivity contribution < 1.29 is 9.53 Å². The third kappa shape index (κ3) is 5.80. The van der Waals surface area contributed by atoms with Crippen LogP contribution in [0.25, 0.3) is 6.08 Å². The van der Waals surface area contributed by atoms with Gasteiger partial charge in [0.2, 0.25) is 0 Å². The van der Waals surface area contributed by atoms with Gasteiger partial charge in [-0.15, -0.1) is 0 Å². The van der Waals surface area contributed by atoms with E-state index in [-0.39, 0.29) is 17.0 Å². The van der Waals surface area contributed by atoms with Gasteiger partial charge in [0, 0.05) is 50.5 Å². The summed E-state index contributed by atoms with van der Waals surface area (Å²) in [6.45, 7) is 7.53. The molecule has 0 saturated carbocycles. The number of amides is 1. The number of thioether (sulfide) groups is 1. The summed E-state index contributed by atoms with van der Waals surface area (Å²) in [5, 5.41) is 9.90. The van der Waals surface area contributed by atoms with Gasteiger partial charge in [-0.05, 0) is 61.7 Å². The fraction of sp³-hybridized carbons (Fsp3) is 0.312.